The highest BCUT2D eigenvalue weighted by atomic mass is 16.5. The van der Waals surface area contributed by atoms with Crippen molar-refractivity contribution in [2.24, 2.45) is 5.92 Å². The molecule has 0 bridgehead atoms. The third kappa shape index (κ3) is 5.45. The molecular formula is C20H26N2O5. The lowest BCUT2D eigenvalue weighted by Gasteiger charge is -2.34. The molecule has 0 atom stereocenters. The molecule has 27 heavy (non-hydrogen) atoms. The zero-order valence-corrected chi connectivity index (χ0v) is 15.4. The van der Waals surface area contributed by atoms with Gasteiger partial charge in [-0.1, -0.05) is 18.2 Å². The number of carbonyl (C=O) groups excluding carboxylic acids is 2. The number of piperidine rings is 1. The topological polar surface area (TPSA) is 87.2 Å². The normalized spacial score (nSPS) is 17.4. The molecular weight excluding hydrogens is 348 g/mol. The molecule has 1 saturated carbocycles. The van der Waals surface area contributed by atoms with Crippen molar-refractivity contribution in [1.29, 1.82) is 0 Å². The first-order chi connectivity index (χ1) is 13.0. The smallest absolute Gasteiger partial charge is 0.323 e. The molecule has 1 aromatic rings. The van der Waals surface area contributed by atoms with Crippen LogP contribution in [0.25, 0.3) is 0 Å². The van der Waals surface area contributed by atoms with E-state index in [-0.39, 0.29) is 30.3 Å². The summed E-state index contributed by atoms with van der Waals surface area (Å²) in [6.45, 7) is 1.17. The van der Waals surface area contributed by atoms with Crippen molar-refractivity contribution in [3.8, 4) is 5.75 Å². The molecule has 1 heterocycles. The summed E-state index contributed by atoms with van der Waals surface area (Å²) in [7, 11) is 0. The first-order valence-corrected chi connectivity index (χ1v) is 9.52. The molecule has 7 nitrogen and oxygen atoms in total. The molecule has 2 aliphatic rings. The molecule has 3 rings (SSSR count). The molecule has 0 spiro atoms. The fourth-order valence-corrected chi connectivity index (χ4v) is 3.46. The van der Waals surface area contributed by atoms with E-state index in [0.717, 1.165) is 18.6 Å². The standard InChI is InChI=1S/C20H26N2O5/c23-18(10-13-27-17-4-2-1-3-5-17)21-11-8-15(9-12-21)20(26)22(14-19(24)25)16-6-7-16/h1-5,15-16H,6-14H2,(H,24,25). The summed E-state index contributed by atoms with van der Waals surface area (Å²) < 4.78 is 5.56. The number of para-hydroxylation sites is 1. The van der Waals surface area contributed by atoms with Crippen LogP contribution in [-0.2, 0) is 14.4 Å². The van der Waals surface area contributed by atoms with E-state index >= 15 is 0 Å². The van der Waals surface area contributed by atoms with Gasteiger partial charge in [0, 0.05) is 25.0 Å². The van der Waals surface area contributed by atoms with Crippen LogP contribution in [0.1, 0.15) is 32.1 Å². The molecule has 2 amide bonds. The number of likely N-dealkylation sites (tertiary alicyclic amines) is 1. The van der Waals surface area contributed by atoms with Crippen LogP contribution in [0.2, 0.25) is 0 Å². The Hall–Kier alpha value is -2.57. The Morgan fingerprint density at radius 3 is 2.33 bits per heavy atom. The fraction of sp³-hybridized carbons (Fsp3) is 0.550. The quantitative estimate of drug-likeness (QED) is 0.749. The predicted octanol–water partition coefficient (Wildman–Crippen LogP) is 1.77. The van der Waals surface area contributed by atoms with Crippen molar-refractivity contribution in [2.75, 3.05) is 26.2 Å². The van der Waals surface area contributed by atoms with Gasteiger partial charge in [-0.15, -0.1) is 0 Å². The number of nitrogens with zero attached hydrogens (tertiary/aromatic N) is 2. The molecule has 146 valence electrons. The van der Waals surface area contributed by atoms with Crippen molar-refractivity contribution in [1.82, 2.24) is 9.80 Å². The molecule has 1 N–H and O–H groups in total. The van der Waals surface area contributed by atoms with Crippen molar-refractivity contribution in [3.05, 3.63) is 30.3 Å². The Labute approximate surface area is 158 Å². The maximum atomic E-state index is 12.7. The van der Waals surface area contributed by atoms with Gasteiger partial charge in [-0.05, 0) is 37.8 Å². The number of benzene rings is 1. The number of hydrogen-bond donors (Lipinski definition) is 1. The Morgan fingerprint density at radius 1 is 1.07 bits per heavy atom. The van der Waals surface area contributed by atoms with E-state index in [2.05, 4.69) is 0 Å². The summed E-state index contributed by atoms with van der Waals surface area (Å²) in [5.41, 5.74) is 0. The van der Waals surface area contributed by atoms with Crippen LogP contribution in [0.4, 0.5) is 0 Å². The highest BCUT2D eigenvalue weighted by Gasteiger charge is 2.38. The molecule has 0 unspecified atom stereocenters. The second-order valence-corrected chi connectivity index (χ2v) is 7.16. The van der Waals surface area contributed by atoms with Crippen molar-refractivity contribution >= 4 is 17.8 Å². The van der Waals surface area contributed by atoms with E-state index in [0.29, 0.717) is 39.0 Å². The monoisotopic (exact) mass is 374 g/mol. The van der Waals surface area contributed by atoms with Crippen LogP contribution in [0.3, 0.4) is 0 Å². The number of carbonyl (C=O) groups is 3. The van der Waals surface area contributed by atoms with E-state index in [1.165, 1.54) is 4.90 Å². The molecule has 1 saturated heterocycles. The minimum absolute atomic E-state index is 0.0291. The highest BCUT2D eigenvalue weighted by molar-refractivity contribution is 5.84. The van der Waals surface area contributed by atoms with Gasteiger partial charge in [0.05, 0.1) is 13.0 Å². The average Bonchev–Trinajstić information content (AvgIpc) is 3.51. The average molecular weight is 374 g/mol. The van der Waals surface area contributed by atoms with E-state index in [1.807, 2.05) is 30.3 Å². The summed E-state index contributed by atoms with van der Waals surface area (Å²) in [6.07, 6.45) is 3.26. The third-order valence-corrected chi connectivity index (χ3v) is 5.10. The van der Waals surface area contributed by atoms with Gasteiger partial charge in [0.25, 0.3) is 0 Å². The van der Waals surface area contributed by atoms with Crippen LogP contribution >= 0.6 is 0 Å². The number of amides is 2. The molecule has 0 aromatic heterocycles. The van der Waals surface area contributed by atoms with Gasteiger partial charge in [0.15, 0.2) is 0 Å². The minimum Gasteiger partial charge on any atom is -0.493 e. The molecule has 1 aliphatic carbocycles. The SMILES string of the molecule is O=C(O)CN(C(=O)C1CCN(C(=O)CCOc2ccccc2)CC1)C1CC1. The van der Waals surface area contributed by atoms with Crippen LogP contribution in [0, 0.1) is 5.92 Å². The Balaban J connectivity index is 1.41. The van der Waals surface area contributed by atoms with Gasteiger partial charge in [-0.2, -0.15) is 0 Å². The van der Waals surface area contributed by atoms with Crippen molar-refractivity contribution in [3.63, 3.8) is 0 Å². The molecule has 2 fully saturated rings. The van der Waals surface area contributed by atoms with E-state index in [9.17, 15) is 14.4 Å². The summed E-state index contributed by atoms with van der Waals surface area (Å²) in [6, 6.07) is 9.46. The number of rotatable bonds is 8. The number of ether oxygens (including phenoxy) is 1. The fourth-order valence-electron chi connectivity index (χ4n) is 3.46. The Bertz CT molecular complexity index is 666. The molecule has 0 radical (unpaired) electrons. The maximum Gasteiger partial charge on any atom is 0.323 e. The van der Waals surface area contributed by atoms with Crippen molar-refractivity contribution in [2.45, 2.75) is 38.1 Å². The van der Waals surface area contributed by atoms with Gasteiger partial charge >= 0.3 is 5.97 Å². The summed E-state index contributed by atoms with van der Waals surface area (Å²) in [5.74, 6) is -0.454. The lowest BCUT2D eigenvalue weighted by Crippen LogP contribution is -2.46. The first kappa shape index (κ1) is 19.2. The van der Waals surface area contributed by atoms with Crippen LogP contribution in [0.5, 0.6) is 5.75 Å². The van der Waals surface area contributed by atoms with E-state index in [4.69, 9.17) is 9.84 Å². The van der Waals surface area contributed by atoms with Crippen LogP contribution in [0.15, 0.2) is 30.3 Å². The van der Waals surface area contributed by atoms with Crippen LogP contribution < -0.4 is 4.74 Å². The van der Waals surface area contributed by atoms with E-state index < -0.39 is 5.97 Å². The summed E-state index contributed by atoms with van der Waals surface area (Å²) >= 11 is 0. The lowest BCUT2D eigenvalue weighted by atomic mass is 9.95. The minimum atomic E-state index is -0.971. The highest BCUT2D eigenvalue weighted by Crippen LogP contribution is 2.30. The lowest BCUT2D eigenvalue weighted by molar-refractivity contribution is -0.148. The van der Waals surface area contributed by atoms with Gasteiger partial charge in [-0.3, -0.25) is 14.4 Å². The first-order valence-electron chi connectivity index (χ1n) is 9.52. The molecule has 7 heteroatoms. The third-order valence-electron chi connectivity index (χ3n) is 5.10. The zero-order valence-electron chi connectivity index (χ0n) is 15.4. The second-order valence-electron chi connectivity index (χ2n) is 7.16. The number of carboxylic acids is 1. The maximum absolute atomic E-state index is 12.7. The number of aliphatic carboxylic acids is 1. The summed E-state index contributed by atoms with van der Waals surface area (Å²) in [5, 5.41) is 9.03. The summed E-state index contributed by atoms with van der Waals surface area (Å²) in [4.78, 5) is 39.3. The Morgan fingerprint density at radius 2 is 1.74 bits per heavy atom. The van der Waals surface area contributed by atoms with Gasteiger partial charge in [-0.25, -0.2) is 0 Å². The number of carboxylic acid groups (broad SMARTS) is 1. The van der Waals surface area contributed by atoms with Gasteiger partial charge in [0.1, 0.15) is 12.3 Å². The molecule has 1 aliphatic heterocycles. The zero-order chi connectivity index (χ0) is 19.2. The predicted molar refractivity (Wildman–Crippen MR) is 98.2 cm³/mol. The number of hydrogen-bond acceptors (Lipinski definition) is 4. The van der Waals surface area contributed by atoms with Gasteiger partial charge in [0.2, 0.25) is 11.8 Å². The van der Waals surface area contributed by atoms with Gasteiger partial charge < -0.3 is 19.6 Å². The largest absolute Gasteiger partial charge is 0.493 e. The van der Waals surface area contributed by atoms with E-state index in [1.54, 1.807) is 4.90 Å². The molecule has 1 aromatic carbocycles. The van der Waals surface area contributed by atoms with Crippen LogP contribution in [-0.4, -0.2) is 65.0 Å². The Kier molecular flexibility index (Phi) is 6.32. The second kappa shape index (κ2) is 8.88. The van der Waals surface area contributed by atoms with Crippen molar-refractivity contribution < 1.29 is 24.2 Å².